The second kappa shape index (κ2) is 7.78. The molecular weight excluding hydrogens is 349 g/mol. The topological polar surface area (TPSA) is 82.3 Å². The van der Waals surface area contributed by atoms with Crippen molar-refractivity contribution in [2.24, 2.45) is 5.92 Å². The van der Waals surface area contributed by atoms with Crippen LogP contribution in [0.1, 0.15) is 11.1 Å². The summed E-state index contributed by atoms with van der Waals surface area (Å²) in [5, 5.41) is 21.1. The van der Waals surface area contributed by atoms with Gasteiger partial charge in [-0.25, -0.2) is 0 Å². The van der Waals surface area contributed by atoms with E-state index >= 15 is 0 Å². The Hall–Kier alpha value is -3.21. The fourth-order valence-corrected chi connectivity index (χ4v) is 2.28. The number of anilines is 1. The summed E-state index contributed by atoms with van der Waals surface area (Å²) in [6.07, 6.45) is -4.52. The van der Waals surface area contributed by atoms with Gasteiger partial charge in [0.15, 0.2) is 11.5 Å². The minimum Gasteiger partial charge on any atom is -0.504 e. The fraction of sp³-hybridized carbons (Fsp3) is 0.222. The number of phenols is 1. The standard InChI is InChI=1S/C18H15F3N2O3/c1-26-16-8-11(5-6-15(16)24)7-12(10-22)17(25)23-14-4-2-3-13(9-14)18(19,20)21/h2-6,8-9,12,24H,7H2,1H3,(H,23,25)/t12-/m0/s1. The molecule has 0 aliphatic carbocycles. The lowest BCUT2D eigenvalue weighted by atomic mass is 9.99. The lowest BCUT2D eigenvalue weighted by Crippen LogP contribution is -2.23. The van der Waals surface area contributed by atoms with Crippen molar-refractivity contribution in [3.8, 4) is 17.6 Å². The maximum atomic E-state index is 12.7. The predicted molar refractivity (Wildman–Crippen MR) is 87.5 cm³/mol. The van der Waals surface area contributed by atoms with Gasteiger partial charge in [-0.2, -0.15) is 18.4 Å². The maximum Gasteiger partial charge on any atom is 0.416 e. The maximum absolute atomic E-state index is 12.7. The van der Waals surface area contributed by atoms with Crippen molar-refractivity contribution in [1.29, 1.82) is 5.26 Å². The van der Waals surface area contributed by atoms with Crippen LogP contribution in [0.15, 0.2) is 42.5 Å². The molecule has 0 spiro atoms. The first-order chi connectivity index (χ1) is 12.2. The number of ether oxygens (including phenoxy) is 1. The number of benzene rings is 2. The number of carbonyl (C=O) groups excluding carboxylic acids is 1. The molecule has 0 bridgehead atoms. The van der Waals surface area contributed by atoms with E-state index in [0.29, 0.717) is 5.56 Å². The smallest absolute Gasteiger partial charge is 0.416 e. The van der Waals surface area contributed by atoms with Crippen LogP contribution in [0.5, 0.6) is 11.5 Å². The molecule has 2 N–H and O–H groups in total. The Labute approximate surface area is 147 Å². The van der Waals surface area contributed by atoms with Crippen molar-refractivity contribution in [3.63, 3.8) is 0 Å². The van der Waals surface area contributed by atoms with Crippen LogP contribution in [0, 0.1) is 17.2 Å². The third-order valence-electron chi connectivity index (χ3n) is 3.61. The molecule has 26 heavy (non-hydrogen) atoms. The van der Waals surface area contributed by atoms with Crippen LogP contribution >= 0.6 is 0 Å². The van der Waals surface area contributed by atoms with Crippen molar-refractivity contribution in [1.82, 2.24) is 0 Å². The molecule has 0 radical (unpaired) electrons. The van der Waals surface area contributed by atoms with Gasteiger partial charge in [-0.05, 0) is 42.3 Å². The lowest BCUT2D eigenvalue weighted by Gasteiger charge is -2.13. The van der Waals surface area contributed by atoms with E-state index < -0.39 is 23.6 Å². The lowest BCUT2D eigenvalue weighted by molar-refractivity contribution is -0.137. The third kappa shape index (κ3) is 4.66. The Balaban J connectivity index is 2.13. The van der Waals surface area contributed by atoms with Crippen LogP contribution in [-0.4, -0.2) is 18.1 Å². The van der Waals surface area contributed by atoms with Gasteiger partial charge in [-0.3, -0.25) is 4.79 Å². The number of amides is 1. The summed E-state index contributed by atoms with van der Waals surface area (Å²) >= 11 is 0. The summed E-state index contributed by atoms with van der Waals surface area (Å²) in [4.78, 5) is 12.2. The van der Waals surface area contributed by atoms with Gasteiger partial charge in [-0.1, -0.05) is 12.1 Å². The number of carbonyl (C=O) groups is 1. The first-order valence-corrected chi connectivity index (χ1v) is 7.48. The summed E-state index contributed by atoms with van der Waals surface area (Å²) in [5.41, 5.74) is -0.383. The summed E-state index contributed by atoms with van der Waals surface area (Å²) in [6, 6.07) is 10.4. The first kappa shape index (κ1) is 19.1. The van der Waals surface area contributed by atoms with E-state index in [2.05, 4.69) is 5.32 Å². The average Bonchev–Trinajstić information content (AvgIpc) is 2.60. The Morgan fingerprint density at radius 3 is 2.65 bits per heavy atom. The summed E-state index contributed by atoms with van der Waals surface area (Å²) < 4.78 is 43.1. The number of rotatable bonds is 5. The van der Waals surface area contributed by atoms with Crippen molar-refractivity contribution < 1.29 is 27.8 Å². The Morgan fingerprint density at radius 1 is 1.31 bits per heavy atom. The van der Waals surface area contributed by atoms with Crippen LogP contribution in [-0.2, 0) is 17.4 Å². The molecule has 0 aromatic heterocycles. The van der Waals surface area contributed by atoms with Crippen LogP contribution in [0.3, 0.4) is 0 Å². The highest BCUT2D eigenvalue weighted by molar-refractivity contribution is 5.94. The highest BCUT2D eigenvalue weighted by Gasteiger charge is 2.30. The van der Waals surface area contributed by atoms with E-state index in [9.17, 15) is 28.3 Å². The van der Waals surface area contributed by atoms with Gasteiger partial charge in [0.1, 0.15) is 5.92 Å². The molecule has 2 aromatic carbocycles. The van der Waals surface area contributed by atoms with Crippen molar-refractivity contribution in [2.75, 3.05) is 12.4 Å². The minimum absolute atomic E-state index is 0.0118. The van der Waals surface area contributed by atoms with Crippen LogP contribution in [0.2, 0.25) is 0 Å². The number of halogens is 3. The van der Waals surface area contributed by atoms with E-state index in [0.717, 1.165) is 12.1 Å². The molecule has 0 aliphatic rings. The molecule has 0 unspecified atom stereocenters. The molecule has 0 saturated heterocycles. The number of nitrogens with one attached hydrogen (secondary N) is 1. The highest BCUT2D eigenvalue weighted by Crippen LogP contribution is 2.31. The van der Waals surface area contributed by atoms with E-state index in [1.54, 1.807) is 0 Å². The average molecular weight is 364 g/mol. The molecule has 0 aliphatic heterocycles. The second-order valence-corrected chi connectivity index (χ2v) is 5.46. The van der Waals surface area contributed by atoms with Crippen molar-refractivity contribution >= 4 is 11.6 Å². The molecule has 136 valence electrons. The summed E-state index contributed by atoms with van der Waals surface area (Å²) in [7, 11) is 1.36. The van der Waals surface area contributed by atoms with Gasteiger partial charge in [-0.15, -0.1) is 0 Å². The van der Waals surface area contributed by atoms with Crippen molar-refractivity contribution in [3.05, 3.63) is 53.6 Å². The number of alkyl halides is 3. The zero-order chi connectivity index (χ0) is 19.3. The molecule has 2 aromatic rings. The zero-order valence-corrected chi connectivity index (χ0v) is 13.7. The largest absolute Gasteiger partial charge is 0.504 e. The molecule has 0 saturated carbocycles. The quantitative estimate of drug-likeness (QED) is 0.847. The molecular formula is C18H15F3N2O3. The molecule has 8 heteroatoms. The highest BCUT2D eigenvalue weighted by atomic mass is 19.4. The SMILES string of the molecule is COc1cc(C[C@@H](C#N)C(=O)Nc2cccc(C(F)(F)F)c2)ccc1O. The number of methoxy groups -OCH3 is 1. The zero-order valence-electron chi connectivity index (χ0n) is 13.7. The number of hydrogen-bond donors (Lipinski definition) is 2. The fourth-order valence-electron chi connectivity index (χ4n) is 2.28. The van der Waals surface area contributed by atoms with Gasteiger partial charge < -0.3 is 15.2 Å². The van der Waals surface area contributed by atoms with Gasteiger partial charge in [0.25, 0.3) is 0 Å². The molecule has 1 atom stereocenters. The number of hydrogen-bond acceptors (Lipinski definition) is 4. The van der Waals surface area contributed by atoms with Crippen LogP contribution in [0.4, 0.5) is 18.9 Å². The third-order valence-corrected chi connectivity index (χ3v) is 3.61. The van der Waals surface area contributed by atoms with Gasteiger partial charge in [0.2, 0.25) is 5.91 Å². The Morgan fingerprint density at radius 2 is 2.04 bits per heavy atom. The van der Waals surface area contributed by atoms with Crippen LogP contribution in [0.25, 0.3) is 0 Å². The van der Waals surface area contributed by atoms with E-state index in [-0.39, 0.29) is 23.6 Å². The Bertz CT molecular complexity index is 844. The number of aromatic hydroxyl groups is 1. The van der Waals surface area contributed by atoms with Gasteiger partial charge >= 0.3 is 6.18 Å². The summed E-state index contributed by atoms with van der Waals surface area (Å²) in [5.74, 6) is -1.74. The molecule has 0 heterocycles. The van der Waals surface area contributed by atoms with Gasteiger partial charge in [0.05, 0.1) is 18.7 Å². The number of nitriles is 1. The molecule has 5 nitrogen and oxygen atoms in total. The predicted octanol–water partition coefficient (Wildman–Crippen LogP) is 3.74. The first-order valence-electron chi connectivity index (χ1n) is 7.48. The van der Waals surface area contributed by atoms with E-state index in [1.807, 2.05) is 6.07 Å². The van der Waals surface area contributed by atoms with E-state index in [1.165, 1.54) is 37.4 Å². The molecule has 1 amide bonds. The Kier molecular flexibility index (Phi) is 5.72. The normalized spacial score (nSPS) is 12.1. The van der Waals surface area contributed by atoms with Crippen LogP contribution < -0.4 is 10.1 Å². The number of phenolic OH excluding ortho intramolecular Hbond substituents is 1. The molecule has 2 rings (SSSR count). The van der Waals surface area contributed by atoms with E-state index in [4.69, 9.17) is 4.74 Å². The second-order valence-electron chi connectivity index (χ2n) is 5.46. The minimum atomic E-state index is -4.53. The number of nitrogens with zero attached hydrogens (tertiary/aromatic N) is 1. The monoisotopic (exact) mass is 364 g/mol. The summed E-state index contributed by atoms with van der Waals surface area (Å²) in [6.45, 7) is 0. The van der Waals surface area contributed by atoms with Gasteiger partial charge in [0, 0.05) is 5.69 Å². The molecule has 0 fully saturated rings. The van der Waals surface area contributed by atoms with Crippen molar-refractivity contribution in [2.45, 2.75) is 12.6 Å².